The Kier molecular flexibility index (Phi) is 5.20. The van der Waals surface area contributed by atoms with E-state index in [-0.39, 0.29) is 17.0 Å². The molecule has 2 rings (SSSR count). The molecular weight excluding hydrogens is 338 g/mol. The molecule has 0 saturated heterocycles. The highest BCUT2D eigenvalue weighted by Gasteiger charge is 2.28. The first kappa shape index (κ1) is 17.5. The number of carbonyl (C=O) groups is 3. The van der Waals surface area contributed by atoms with Gasteiger partial charge in [0.25, 0.3) is 5.91 Å². The highest BCUT2D eigenvalue weighted by atomic mass is 35.5. The molecule has 0 radical (unpaired) electrons. The minimum Gasteiger partial charge on any atom is -0.480 e. The number of aliphatic carboxylic acids is 1. The average molecular weight is 352 g/mol. The first-order valence-corrected chi connectivity index (χ1v) is 7.22. The van der Waals surface area contributed by atoms with Gasteiger partial charge in [0.05, 0.1) is 11.4 Å². The highest BCUT2D eigenvalue weighted by Crippen LogP contribution is 2.30. The van der Waals surface area contributed by atoms with E-state index in [4.69, 9.17) is 27.0 Å². The van der Waals surface area contributed by atoms with Crippen LogP contribution in [0.5, 0.6) is 0 Å². The van der Waals surface area contributed by atoms with Crippen LogP contribution >= 0.6 is 11.6 Å². The maximum Gasteiger partial charge on any atom is 0.326 e. The molecule has 1 aromatic carbocycles. The zero-order valence-corrected chi connectivity index (χ0v) is 13.3. The summed E-state index contributed by atoms with van der Waals surface area (Å²) in [4.78, 5) is 34.6. The molecule has 1 heterocycles. The van der Waals surface area contributed by atoms with E-state index >= 15 is 0 Å². The van der Waals surface area contributed by atoms with Crippen LogP contribution in [0.25, 0.3) is 11.3 Å². The Balaban J connectivity index is 2.37. The second kappa shape index (κ2) is 7.14. The number of nitrogens with zero attached hydrogens (tertiary/aromatic N) is 1. The zero-order valence-electron chi connectivity index (χ0n) is 12.6. The SMILES string of the molecule is Cc1onc(-c2ccccc2Cl)c1C(=O)N[C@H](CC(N)=O)C(=O)O. The molecule has 1 aromatic heterocycles. The number of rotatable bonds is 6. The van der Waals surface area contributed by atoms with E-state index in [1.54, 1.807) is 24.3 Å². The van der Waals surface area contributed by atoms with Crippen molar-refractivity contribution in [3.63, 3.8) is 0 Å². The van der Waals surface area contributed by atoms with Crippen molar-refractivity contribution in [2.45, 2.75) is 19.4 Å². The molecule has 9 heteroatoms. The molecule has 0 aliphatic rings. The predicted molar refractivity (Wildman–Crippen MR) is 84.4 cm³/mol. The van der Waals surface area contributed by atoms with Crippen molar-refractivity contribution in [3.05, 3.63) is 40.6 Å². The second-order valence-electron chi connectivity index (χ2n) is 4.98. The molecule has 0 fully saturated rings. The van der Waals surface area contributed by atoms with E-state index in [1.807, 2.05) is 0 Å². The number of aryl methyl sites for hydroxylation is 1. The minimum absolute atomic E-state index is 0.0406. The smallest absolute Gasteiger partial charge is 0.326 e. The lowest BCUT2D eigenvalue weighted by Crippen LogP contribution is -2.43. The van der Waals surface area contributed by atoms with E-state index in [0.29, 0.717) is 10.6 Å². The van der Waals surface area contributed by atoms with Gasteiger partial charge in [-0.3, -0.25) is 9.59 Å². The lowest BCUT2D eigenvalue weighted by molar-refractivity contribution is -0.140. The molecule has 24 heavy (non-hydrogen) atoms. The van der Waals surface area contributed by atoms with Crippen LogP contribution in [0.15, 0.2) is 28.8 Å². The Morgan fingerprint density at radius 2 is 2.04 bits per heavy atom. The van der Waals surface area contributed by atoms with Crippen LogP contribution in [0.2, 0.25) is 5.02 Å². The predicted octanol–water partition coefficient (Wildman–Crippen LogP) is 1.36. The number of hydrogen-bond donors (Lipinski definition) is 3. The molecule has 0 unspecified atom stereocenters. The largest absolute Gasteiger partial charge is 0.480 e. The van der Waals surface area contributed by atoms with Gasteiger partial charge < -0.3 is 20.7 Å². The number of halogens is 1. The summed E-state index contributed by atoms with van der Waals surface area (Å²) in [5, 5.41) is 15.5. The van der Waals surface area contributed by atoms with E-state index < -0.39 is 30.2 Å². The molecule has 126 valence electrons. The molecule has 2 amide bonds. The number of benzene rings is 1. The number of carbonyl (C=O) groups excluding carboxylic acids is 2. The fraction of sp³-hybridized carbons (Fsp3) is 0.200. The van der Waals surface area contributed by atoms with Crippen LogP contribution in [0.3, 0.4) is 0 Å². The second-order valence-corrected chi connectivity index (χ2v) is 5.38. The fourth-order valence-electron chi connectivity index (χ4n) is 2.11. The molecule has 0 aliphatic heterocycles. The maximum absolute atomic E-state index is 12.5. The first-order chi connectivity index (χ1) is 11.3. The summed E-state index contributed by atoms with van der Waals surface area (Å²) in [7, 11) is 0. The minimum atomic E-state index is -1.46. The van der Waals surface area contributed by atoms with Gasteiger partial charge >= 0.3 is 5.97 Å². The number of nitrogens with two attached hydrogens (primary N) is 1. The Morgan fingerprint density at radius 3 is 2.62 bits per heavy atom. The summed E-state index contributed by atoms with van der Waals surface area (Å²) < 4.78 is 5.04. The molecule has 0 aliphatic carbocycles. The normalized spacial score (nSPS) is 11.8. The highest BCUT2D eigenvalue weighted by molar-refractivity contribution is 6.33. The third-order valence-electron chi connectivity index (χ3n) is 3.23. The number of nitrogens with one attached hydrogen (secondary N) is 1. The van der Waals surface area contributed by atoms with Crippen molar-refractivity contribution in [3.8, 4) is 11.3 Å². The van der Waals surface area contributed by atoms with E-state index in [0.717, 1.165) is 0 Å². The quantitative estimate of drug-likeness (QED) is 0.719. The Labute approximate surface area is 141 Å². The van der Waals surface area contributed by atoms with Crippen LogP contribution in [0.1, 0.15) is 22.5 Å². The average Bonchev–Trinajstić information content (AvgIpc) is 2.88. The van der Waals surface area contributed by atoms with Crippen molar-refractivity contribution >= 4 is 29.4 Å². The summed E-state index contributed by atoms with van der Waals surface area (Å²) in [5.74, 6) is -2.80. The molecule has 1 atom stereocenters. The summed E-state index contributed by atoms with van der Waals surface area (Å²) >= 11 is 6.10. The van der Waals surface area contributed by atoms with Crippen molar-refractivity contribution in [1.29, 1.82) is 0 Å². The first-order valence-electron chi connectivity index (χ1n) is 6.84. The van der Waals surface area contributed by atoms with E-state index in [1.165, 1.54) is 6.92 Å². The van der Waals surface area contributed by atoms with Gasteiger partial charge in [0, 0.05) is 5.56 Å². The van der Waals surface area contributed by atoms with Crippen LogP contribution < -0.4 is 11.1 Å². The summed E-state index contributed by atoms with van der Waals surface area (Å²) in [6.45, 7) is 1.51. The van der Waals surface area contributed by atoms with Gasteiger partial charge in [-0.05, 0) is 13.0 Å². The van der Waals surface area contributed by atoms with Crippen LogP contribution in [0, 0.1) is 6.92 Å². The molecule has 4 N–H and O–H groups in total. The molecule has 0 bridgehead atoms. The Bertz CT molecular complexity index is 802. The Morgan fingerprint density at radius 1 is 1.38 bits per heavy atom. The summed E-state index contributed by atoms with van der Waals surface area (Å²) in [5.41, 5.74) is 5.68. The standard InChI is InChI=1S/C15H14ClN3O5/c1-7-12(14(21)18-10(15(22)23)6-11(17)20)13(19-24-7)8-4-2-3-5-9(8)16/h2-5,10H,6H2,1H3,(H2,17,20)(H,18,21)(H,22,23)/t10-/m1/s1. The van der Waals surface area contributed by atoms with Crippen LogP contribution in [-0.4, -0.2) is 34.1 Å². The monoisotopic (exact) mass is 351 g/mol. The molecule has 0 saturated carbocycles. The van der Waals surface area contributed by atoms with Gasteiger partial charge in [-0.2, -0.15) is 0 Å². The third-order valence-corrected chi connectivity index (χ3v) is 3.56. The van der Waals surface area contributed by atoms with Gasteiger partial charge in [-0.25, -0.2) is 4.79 Å². The topological polar surface area (TPSA) is 136 Å². The molecule has 0 spiro atoms. The lowest BCUT2D eigenvalue weighted by Gasteiger charge is -2.13. The van der Waals surface area contributed by atoms with Crippen molar-refractivity contribution in [1.82, 2.24) is 10.5 Å². The maximum atomic E-state index is 12.5. The van der Waals surface area contributed by atoms with E-state index in [2.05, 4.69) is 10.5 Å². The number of carboxylic acid groups (broad SMARTS) is 1. The fourth-order valence-corrected chi connectivity index (χ4v) is 2.33. The zero-order chi connectivity index (χ0) is 17.9. The van der Waals surface area contributed by atoms with Crippen molar-refractivity contribution < 1.29 is 24.0 Å². The van der Waals surface area contributed by atoms with E-state index in [9.17, 15) is 14.4 Å². The number of aromatic nitrogens is 1. The van der Waals surface area contributed by atoms with Crippen molar-refractivity contribution in [2.24, 2.45) is 5.73 Å². The van der Waals surface area contributed by atoms with Crippen molar-refractivity contribution in [2.75, 3.05) is 0 Å². The molecule has 8 nitrogen and oxygen atoms in total. The molecule has 2 aromatic rings. The van der Waals surface area contributed by atoms with Gasteiger partial charge in [0.1, 0.15) is 23.1 Å². The molecular formula is C15H14ClN3O5. The van der Waals surface area contributed by atoms with Crippen LogP contribution in [-0.2, 0) is 9.59 Å². The Hall–Kier alpha value is -2.87. The number of carboxylic acids is 1. The van der Waals surface area contributed by atoms with Crippen LogP contribution in [0.4, 0.5) is 0 Å². The van der Waals surface area contributed by atoms with Gasteiger partial charge in [0.2, 0.25) is 5.91 Å². The number of primary amides is 1. The number of amides is 2. The van der Waals surface area contributed by atoms with Gasteiger partial charge in [0.15, 0.2) is 0 Å². The van der Waals surface area contributed by atoms with Gasteiger partial charge in [-0.1, -0.05) is 35.0 Å². The third kappa shape index (κ3) is 3.72. The summed E-state index contributed by atoms with van der Waals surface area (Å²) in [6.07, 6.45) is -0.535. The van der Waals surface area contributed by atoms with Gasteiger partial charge in [-0.15, -0.1) is 0 Å². The summed E-state index contributed by atoms with van der Waals surface area (Å²) in [6, 6.07) is 5.24. The lowest BCUT2D eigenvalue weighted by atomic mass is 10.0. The number of hydrogen-bond acceptors (Lipinski definition) is 5.